The highest BCUT2D eigenvalue weighted by molar-refractivity contribution is 7.88. The molecule has 7 nitrogen and oxygen atoms in total. The minimum Gasteiger partial charge on any atom is -0.385 e. The van der Waals surface area contributed by atoms with Crippen molar-refractivity contribution in [1.29, 1.82) is 0 Å². The Balaban J connectivity index is 1.59. The molecule has 2 saturated heterocycles. The number of nitrogens with two attached hydrogens (primary N) is 1. The Hall–Kier alpha value is -1.48. The van der Waals surface area contributed by atoms with Crippen LogP contribution in [0.1, 0.15) is 43.2 Å². The molecule has 2 N–H and O–H groups in total. The van der Waals surface area contributed by atoms with Gasteiger partial charge in [-0.25, -0.2) is 12.7 Å². The van der Waals surface area contributed by atoms with Crippen LogP contribution in [0.3, 0.4) is 0 Å². The monoisotopic (exact) mass is 437 g/mol. The number of carbonyl (C=O) groups is 1. The van der Waals surface area contributed by atoms with Crippen molar-refractivity contribution in [2.24, 2.45) is 11.1 Å². The van der Waals surface area contributed by atoms with Crippen molar-refractivity contribution >= 4 is 15.9 Å². The lowest BCUT2D eigenvalue weighted by atomic mass is 9.76. The summed E-state index contributed by atoms with van der Waals surface area (Å²) >= 11 is 0. The molecule has 8 heteroatoms. The molecule has 2 aliphatic heterocycles. The summed E-state index contributed by atoms with van der Waals surface area (Å²) in [5, 5.41) is 0. The molecule has 0 aromatic heterocycles. The molecular weight excluding hydrogens is 402 g/mol. The van der Waals surface area contributed by atoms with Gasteiger partial charge in [-0.1, -0.05) is 29.8 Å². The number of benzene rings is 1. The fourth-order valence-electron chi connectivity index (χ4n) is 4.78. The Bertz CT molecular complexity index is 819. The van der Waals surface area contributed by atoms with Gasteiger partial charge in [0.1, 0.15) is 0 Å². The minimum atomic E-state index is -3.33. The zero-order chi connectivity index (χ0) is 21.8. The first-order valence-electron chi connectivity index (χ1n) is 10.8. The van der Waals surface area contributed by atoms with E-state index in [0.717, 1.165) is 43.4 Å². The van der Waals surface area contributed by atoms with Crippen molar-refractivity contribution in [3.05, 3.63) is 35.4 Å². The number of primary amides is 1. The molecule has 0 bridgehead atoms. The quantitative estimate of drug-likeness (QED) is 0.670. The van der Waals surface area contributed by atoms with Crippen LogP contribution in [0.25, 0.3) is 0 Å². The second kappa shape index (κ2) is 9.77. The summed E-state index contributed by atoms with van der Waals surface area (Å²) in [5.74, 6) is -0.203. The maximum absolute atomic E-state index is 12.9. The second-order valence-electron chi connectivity index (χ2n) is 8.83. The maximum atomic E-state index is 12.9. The molecule has 2 fully saturated rings. The molecule has 1 unspecified atom stereocenters. The average Bonchev–Trinajstić information content (AvgIpc) is 2.74. The summed E-state index contributed by atoms with van der Waals surface area (Å²) < 4.78 is 32.6. The third-order valence-corrected chi connectivity index (χ3v) is 8.57. The van der Waals surface area contributed by atoms with Crippen molar-refractivity contribution in [3.8, 4) is 0 Å². The molecule has 2 aliphatic rings. The first-order valence-corrected chi connectivity index (χ1v) is 12.4. The molecule has 2 heterocycles. The number of aryl methyl sites for hydroxylation is 1. The van der Waals surface area contributed by atoms with Gasteiger partial charge in [0.25, 0.3) is 0 Å². The van der Waals surface area contributed by atoms with Crippen LogP contribution in [0, 0.1) is 12.3 Å². The summed E-state index contributed by atoms with van der Waals surface area (Å²) in [6, 6.07) is 7.95. The number of ether oxygens (including phenoxy) is 1. The van der Waals surface area contributed by atoms with E-state index in [0.29, 0.717) is 32.7 Å². The van der Waals surface area contributed by atoms with Crippen LogP contribution in [-0.2, 0) is 25.3 Å². The Morgan fingerprint density at radius 2 is 1.87 bits per heavy atom. The van der Waals surface area contributed by atoms with Gasteiger partial charge in [0.05, 0.1) is 11.2 Å². The Kier molecular flexibility index (Phi) is 7.55. The maximum Gasteiger partial charge on any atom is 0.225 e. The van der Waals surface area contributed by atoms with Crippen LogP contribution in [0.4, 0.5) is 0 Å². The summed E-state index contributed by atoms with van der Waals surface area (Å²) in [6.07, 6.45) is 3.93. The van der Waals surface area contributed by atoms with Gasteiger partial charge in [-0.3, -0.25) is 9.69 Å². The van der Waals surface area contributed by atoms with E-state index in [1.165, 1.54) is 0 Å². The molecular formula is C22H35N3O4S. The number of methoxy groups -OCH3 is 1. The second-order valence-corrected chi connectivity index (χ2v) is 10.8. The number of amides is 1. The SMILES string of the molecule is COCCC1(C(N)=O)CCCN(C2CCN(S(=O)(=O)Cc3ccc(C)cc3)CC2)C1. The molecule has 0 aliphatic carbocycles. The lowest BCUT2D eigenvalue weighted by Gasteiger charge is -2.46. The predicted octanol–water partition coefficient (Wildman–Crippen LogP) is 1.89. The van der Waals surface area contributed by atoms with Crippen molar-refractivity contribution in [2.75, 3.05) is 39.9 Å². The minimum absolute atomic E-state index is 0.0451. The smallest absolute Gasteiger partial charge is 0.225 e. The van der Waals surface area contributed by atoms with E-state index < -0.39 is 15.4 Å². The average molecular weight is 438 g/mol. The van der Waals surface area contributed by atoms with E-state index in [4.69, 9.17) is 10.5 Å². The summed E-state index contributed by atoms with van der Waals surface area (Å²) in [5.41, 5.74) is 7.19. The predicted molar refractivity (Wildman–Crippen MR) is 117 cm³/mol. The van der Waals surface area contributed by atoms with E-state index in [1.54, 1.807) is 11.4 Å². The number of sulfonamides is 1. The highest BCUT2D eigenvalue weighted by atomic mass is 32.2. The molecule has 168 valence electrons. The van der Waals surface area contributed by atoms with E-state index in [-0.39, 0.29) is 17.7 Å². The van der Waals surface area contributed by atoms with Gasteiger partial charge < -0.3 is 10.5 Å². The summed E-state index contributed by atoms with van der Waals surface area (Å²) in [4.78, 5) is 14.6. The molecule has 1 aromatic rings. The zero-order valence-corrected chi connectivity index (χ0v) is 19.0. The highest BCUT2D eigenvalue weighted by Crippen LogP contribution is 2.36. The normalized spacial score (nSPS) is 24.7. The molecule has 0 spiro atoms. The molecule has 0 radical (unpaired) electrons. The van der Waals surface area contributed by atoms with Crippen molar-refractivity contribution in [2.45, 2.75) is 50.8 Å². The molecule has 0 saturated carbocycles. The number of likely N-dealkylation sites (tertiary alicyclic amines) is 1. The summed E-state index contributed by atoms with van der Waals surface area (Å²) in [7, 11) is -1.69. The zero-order valence-electron chi connectivity index (χ0n) is 18.2. The van der Waals surface area contributed by atoms with E-state index in [9.17, 15) is 13.2 Å². The Morgan fingerprint density at radius 1 is 1.20 bits per heavy atom. The lowest BCUT2D eigenvalue weighted by molar-refractivity contribution is -0.133. The van der Waals surface area contributed by atoms with Crippen molar-refractivity contribution < 1.29 is 17.9 Å². The van der Waals surface area contributed by atoms with Crippen LogP contribution in [0.15, 0.2) is 24.3 Å². The first kappa shape index (κ1) is 23.2. The molecule has 1 aromatic carbocycles. The number of hydrogen-bond acceptors (Lipinski definition) is 5. The standard InChI is InChI=1S/C22H35N3O4S/c1-18-4-6-19(7-5-18)16-30(27,28)25-13-8-20(9-14-25)24-12-3-10-22(17-24,21(23)26)11-15-29-2/h4-7,20H,3,8-17H2,1-2H3,(H2,23,26). The van der Waals surface area contributed by atoms with Crippen molar-refractivity contribution in [1.82, 2.24) is 9.21 Å². The number of rotatable bonds is 8. The number of hydrogen-bond donors (Lipinski definition) is 1. The third kappa shape index (κ3) is 5.41. The number of carbonyl (C=O) groups excluding carboxylic acids is 1. The molecule has 1 amide bonds. The topological polar surface area (TPSA) is 92.9 Å². The van der Waals surface area contributed by atoms with E-state index in [2.05, 4.69) is 4.90 Å². The van der Waals surface area contributed by atoms with Crippen LogP contribution >= 0.6 is 0 Å². The van der Waals surface area contributed by atoms with Gasteiger partial charge in [0, 0.05) is 39.4 Å². The van der Waals surface area contributed by atoms with Gasteiger partial charge in [-0.15, -0.1) is 0 Å². The fourth-order valence-corrected chi connectivity index (χ4v) is 6.34. The number of piperidine rings is 2. The van der Waals surface area contributed by atoms with E-state index in [1.807, 2.05) is 31.2 Å². The van der Waals surface area contributed by atoms with Crippen LogP contribution in [0.5, 0.6) is 0 Å². The Labute approximate surface area is 180 Å². The number of nitrogens with zero attached hydrogens (tertiary/aromatic N) is 2. The highest BCUT2D eigenvalue weighted by Gasteiger charge is 2.43. The van der Waals surface area contributed by atoms with Crippen LogP contribution in [-0.4, -0.2) is 69.5 Å². The lowest BCUT2D eigenvalue weighted by Crippen LogP contribution is -2.56. The van der Waals surface area contributed by atoms with Gasteiger partial charge in [0.2, 0.25) is 15.9 Å². The van der Waals surface area contributed by atoms with Gasteiger partial charge in [-0.05, 0) is 51.1 Å². The van der Waals surface area contributed by atoms with Crippen LogP contribution < -0.4 is 5.73 Å². The van der Waals surface area contributed by atoms with Crippen molar-refractivity contribution in [3.63, 3.8) is 0 Å². The van der Waals surface area contributed by atoms with Crippen LogP contribution in [0.2, 0.25) is 0 Å². The van der Waals surface area contributed by atoms with E-state index >= 15 is 0 Å². The largest absolute Gasteiger partial charge is 0.385 e. The third-order valence-electron chi connectivity index (χ3n) is 6.72. The fraction of sp³-hybridized carbons (Fsp3) is 0.682. The first-order chi connectivity index (χ1) is 14.3. The Morgan fingerprint density at radius 3 is 2.47 bits per heavy atom. The molecule has 3 rings (SSSR count). The summed E-state index contributed by atoms with van der Waals surface area (Å²) in [6.45, 7) is 5.14. The van der Waals surface area contributed by atoms with Gasteiger partial charge >= 0.3 is 0 Å². The van der Waals surface area contributed by atoms with Gasteiger partial charge in [0.15, 0.2) is 0 Å². The molecule has 1 atom stereocenters. The van der Waals surface area contributed by atoms with Gasteiger partial charge in [-0.2, -0.15) is 0 Å². The molecule has 30 heavy (non-hydrogen) atoms.